The van der Waals surface area contributed by atoms with Crippen molar-refractivity contribution < 1.29 is 22.7 Å². The summed E-state index contributed by atoms with van der Waals surface area (Å²) in [6.45, 7) is 4.66. The van der Waals surface area contributed by atoms with Gasteiger partial charge in [0.05, 0.1) is 23.9 Å². The minimum absolute atomic E-state index is 0.00975. The number of amides is 1. The van der Waals surface area contributed by atoms with Crippen LogP contribution in [0.15, 0.2) is 41.3 Å². The Morgan fingerprint density at radius 3 is 2.74 bits per heavy atom. The van der Waals surface area contributed by atoms with Crippen LogP contribution in [0, 0.1) is 6.92 Å². The first-order chi connectivity index (χ1) is 14.8. The van der Waals surface area contributed by atoms with Crippen molar-refractivity contribution in [2.75, 3.05) is 44.8 Å². The molecule has 2 heterocycles. The molecule has 4 rings (SSSR count). The minimum Gasteiger partial charge on any atom is -0.482 e. The summed E-state index contributed by atoms with van der Waals surface area (Å²) in [5, 5.41) is 2.63. The smallest absolute Gasteiger partial charge is 0.262 e. The molecule has 2 aliphatic rings. The maximum absolute atomic E-state index is 13.1. The summed E-state index contributed by atoms with van der Waals surface area (Å²) >= 11 is 6.24. The SMILES string of the molecule is Cc1cccc(C(CNS(=O)(=O)c2cc3c(cc2Cl)NC(=O)CO3)N2CCOCC2)c1. The molecule has 1 saturated heterocycles. The Bertz CT molecular complexity index is 1090. The Morgan fingerprint density at radius 1 is 1.23 bits per heavy atom. The molecule has 10 heteroatoms. The second-order valence-electron chi connectivity index (χ2n) is 7.55. The van der Waals surface area contributed by atoms with Gasteiger partial charge in [0, 0.05) is 31.7 Å². The number of anilines is 1. The second kappa shape index (κ2) is 9.13. The fourth-order valence-corrected chi connectivity index (χ4v) is 5.36. The van der Waals surface area contributed by atoms with Gasteiger partial charge in [-0.3, -0.25) is 9.69 Å². The van der Waals surface area contributed by atoms with Crippen LogP contribution in [0.5, 0.6) is 5.75 Å². The predicted molar refractivity (Wildman–Crippen MR) is 117 cm³/mol. The van der Waals surface area contributed by atoms with Crippen molar-refractivity contribution in [2.24, 2.45) is 0 Å². The van der Waals surface area contributed by atoms with E-state index in [1.807, 2.05) is 25.1 Å². The van der Waals surface area contributed by atoms with Crippen LogP contribution in [0.2, 0.25) is 5.02 Å². The fourth-order valence-electron chi connectivity index (χ4n) is 3.78. The van der Waals surface area contributed by atoms with Gasteiger partial charge in [-0.1, -0.05) is 41.4 Å². The maximum atomic E-state index is 13.1. The first-order valence-electron chi connectivity index (χ1n) is 9.98. The molecule has 0 radical (unpaired) electrons. The van der Waals surface area contributed by atoms with Crippen molar-refractivity contribution in [3.8, 4) is 5.75 Å². The molecule has 8 nitrogen and oxygen atoms in total. The summed E-state index contributed by atoms with van der Waals surface area (Å²) in [6.07, 6.45) is 0. The highest BCUT2D eigenvalue weighted by Gasteiger charge is 2.28. The number of rotatable bonds is 6. The summed E-state index contributed by atoms with van der Waals surface area (Å²) in [6, 6.07) is 10.6. The fraction of sp³-hybridized carbons (Fsp3) is 0.381. The lowest BCUT2D eigenvalue weighted by atomic mass is 10.0. The molecule has 2 aromatic carbocycles. The van der Waals surface area contributed by atoms with Crippen molar-refractivity contribution in [1.82, 2.24) is 9.62 Å². The first kappa shape index (κ1) is 22.0. The maximum Gasteiger partial charge on any atom is 0.262 e. The monoisotopic (exact) mass is 465 g/mol. The molecular formula is C21H24ClN3O5S. The first-order valence-corrected chi connectivity index (χ1v) is 11.8. The van der Waals surface area contributed by atoms with Crippen LogP contribution in [0.1, 0.15) is 17.2 Å². The number of nitrogens with zero attached hydrogens (tertiary/aromatic N) is 1. The Labute approximate surface area is 186 Å². The molecule has 2 N–H and O–H groups in total. The Morgan fingerprint density at radius 2 is 2.00 bits per heavy atom. The predicted octanol–water partition coefficient (Wildman–Crippen LogP) is 2.33. The number of morpholine rings is 1. The molecule has 31 heavy (non-hydrogen) atoms. The van der Waals surface area contributed by atoms with Crippen LogP contribution in [-0.4, -0.2) is 58.7 Å². The molecule has 1 atom stereocenters. The van der Waals surface area contributed by atoms with E-state index in [0.29, 0.717) is 32.0 Å². The van der Waals surface area contributed by atoms with Gasteiger partial charge in [-0.05, 0) is 18.6 Å². The molecule has 2 aromatic rings. The van der Waals surface area contributed by atoms with Crippen molar-refractivity contribution in [3.63, 3.8) is 0 Å². The number of hydrogen-bond donors (Lipinski definition) is 2. The number of halogens is 1. The third kappa shape index (κ3) is 5.02. The van der Waals surface area contributed by atoms with Crippen LogP contribution in [-0.2, 0) is 19.6 Å². The van der Waals surface area contributed by atoms with E-state index in [0.717, 1.165) is 11.1 Å². The number of sulfonamides is 1. The van der Waals surface area contributed by atoms with Gasteiger partial charge in [-0.25, -0.2) is 13.1 Å². The quantitative estimate of drug-likeness (QED) is 0.679. The largest absolute Gasteiger partial charge is 0.482 e. The van der Waals surface area contributed by atoms with Crippen molar-refractivity contribution in [2.45, 2.75) is 17.9 Å². The summed E-state index contributed by atoms with van der Waals surface area (Å²) in [7, 11) is -3.92. The average Bonchev–Trinajstić information content (AvgIpc) is 2.74. The zero-order chi connectivity index (χ0) is 22.0. The normalized spacial score (nSPS) is 18.1. The third-order valence-electron chi connectivity index (χ3n) is 5.34. The van der Waals surface area contributed by atoms with Crippen LogP contribution in [0.3, 0.4) is 0 Å². The van der Waals surface area contributed by atoms with Crippen LogP contribution < -0.4 is 14.8 Å². The van der Waals surface area contributed by atoms with Gasteiger partial charge in [0.1, 0.15) is 10.6 Å². The van der Waals surface area contributed by atoms with Gasteiger partial charge in [-0.2, -0.15) is 0 Å². The molecule has 0 spiro atoms. The number of fused-ring (bicyclic) bond motifs is 1. The highest BCUT2D eigenvalue weighted by molar-refractivity contribution is 7.89. The molecular weight excluding hydrogens is 442 g/mol. The zero-order valence-corrected chi connectivity index (χ0v) is 18.6. The van der Waals surface area contributed by atoms with E-state index in [2.05, 4.69) is 21.0 Å². The molecule has 166 valence electrons. The van der Waals surface area contributed by atoms with Gasteiger partial charge in [0.15, 0.2) is 6.61 Å². The molecule has 1 fully saturated rings. The molecule has 0 aliphatic carbocycles. The molecule has 0 bridgehead atoms. The van der Waals surface area contributed by atoms with Gasteiger partial charge in [0.25, 0.3) is 5.91 Å². The summed E-state index contributed by atoms with van der Waals surface area (Å²) in [5.74, 6) is -0.0448. The Hall–Kier alpha value is -2.17. The minimum atomic E-state index is -3.92. The molecule has 1 amide bonds. The van der Waals surface area contributed by atoms with E-state index in [4.69, 9.17) is 21.1 Å². The van der Waals surface area contributed by atoms with Crippen LogP contribution in [0.4, 0.5) is 5.69 Å². The van der Waals surface area contributed by atoms with E-state index in [9.17, 15) is 13.2 Å². The topological polar surface area (TPSA) is 97.0 Å². The van der Waals surface area contributed by atoms with Gasteiger partial charge < -0.3 is 14.8 Å². The van der Waals surface area contributed by atoms with E-state index in [1.165, 1.54) is 12.1 Å². The lowest BCUT2D eigenvalue weighted by Gasteiger charge is -2.35. The van der Waals surface area contributed by atoms with Gasteiger partial charge >= 0.3 is 0 Å². The molecule has 2 aliphatic heterocycles. The standard InChI is InChI=1S/C21H24ClN3O5S/c1-14-3-2-4-15(9-14)18(25-5-7-29-8-6-25)12-23-31(27,28)20-11-19-17(10-16(20)22)24-21(26)13-30-19/h2-4,9-11,18,23H,5-8,12-13H2,1H3,(H,24,26). The zero-order valence-electron chi connectivity index (χ0n) is 17.1. The summed E-state index contributed by atoms with van der Waals surface area (Å²) < 4.78 is 39.7. The van der Waals surface area contributed by atoms with Crippen LogP contribution in [0.25, 0.3) is 0 Å². The third-order valence-corrected chi connectivity index (χ3v) is 7.22. The lowest BCUT2D eigenvalue weighted by Crippen LogP contribution is -2.43. The van der Waals surface area contributed by atoms with Crippen molar-refractivity contribution in [3.05, 3.63) is 52.5 Å². The summed E-state index contributed by atoms with van der Waals surface area (Å²) in [4.78, 5) is 13.6. The molecule has 0 aromatic heterocycles. The number of hydrogen-bond acceptors (Lipinski definition) is 6. The highest BCUT2D eigenvalue weighted by Crippen LogP contribution is 2.35. The number of benzene rings is 2. The van der Waals surface area contributed by atoms with Gasteiger partial charge in [-0.15, -0.1) is 0 Å². The van der Waals surface area contributed by atoms with E-state index in [-0.39, 0.29) is 40.8 Å². The average molecular weight is 466 g/mol. The van der Waals surface area contributed by atoms with Crippen LogP contribution >= 0.6 is 11.6 Å². The van der Waals surface area contributed by atoms with Crippen molar-refractivity contribution >= 4 is 33.2 Å². The van der Waals surface area contributed by atoms with E-state index in [1.54, 1.807) is 0 Å². The number of aryl methyl sites for hydroxylation is 1. The van der Waals surface area contributed by atoms with Crippen molar-refractivity contribution in [1.29, 1.82) is 0 Å². The van der Waals surface area contributed by atoms with Gasteiger partial charge in [0.2, 0.25) is 10.0 Å². The second-order valence-corrected chi connectivity index (χ2v) is 9.69. The molecule has 0 saturated carbocycles. The van der Waals surface area contributed by atoms with E-state index < -0.39 is 10.0 Å². The van der Waals surface area contributed by atoms with E-state index >= 15 is 0 Å². The number of nitrogens with one attached hydrogen (secondary N) is 2. The summed E-state index contributed by atoms with van der Waals surface area (Å²) in [5.41, 5.74) is 2.49. The lowest BCUT2D eigenvalue weighted by molar-refractivity contribution is -0.118. The highest BCUT2D eigenvalue weighted by atomic mass is 35.5. The molecule has 1 unspecified atom stereocenters. The number of carbonyl (C=O) groups is 1. The number of carbonyl (C=O) groups excluding carboxylic acids is 1. The Balaban J connectivity index is 1.58. The number of ether oxygens (including phenoxy) is 2. The Kier molecular flexibility index (Phi) is 6.49.